The predicted molar refractivity (Wildman–Crippen MR) is 54.7 cm³/mol. The van der Waals surface area contributed by atoms with Crippen molar-refractivity contribution in [2.45, 2.75) is 12.5 Å². The van der Waals surface area contributed by atoms with Crippen LogP contribution in [0.2, 0.25) is 0 Å². The van der Waals surface area contributed by atoms with E-state index in [1.165, 1.54) is 0 Å². The molecular weight excluding hydrogens is 178 g/mol. The lowest BCUT2D eigenvalue weighted by atomic mass is 10.1. The van der Waals surface area contributed by atoms with Crippen molar-refractivity contribution in [3.63, 3.8) is 0 Å². The van der Waals surface area contributed by atoms with Gasteiger partial charge >= 0.3 is 0 Å². The van der Waals surface area contributed by atoms with Crippen molar-refractivity contribution in [2.75, 3.05) is 6.61 Å². The fourth-order valence-corrected chi connectivity index (χ4v) is 1.46. The molecule has 0 fully saturated rings. The summed E-state index contributed by atoms with van der Waals surface area (Å²) in [5.74, 6) is 0. The minimum atomic E-state index is -0.139. The van der Waals surface area contributed by atoms with E-state index < -0.39 is 0 Å². The highest BCUT2D eigenvalue weighted by Gasteiger charge is 2.06. The van der Waals surface area contributed by atoms with Gasteiger partial charge in [-0.15, -0.1) is 0 Å². The van der Waals surface area contributed by atoms with Gasteiger partial charge in [0.1, 0.15) is 0 Å². The molecule has 0 amide bonds. The number of aliphatic hydroxyl groups excluding tert-OH is 1. The van der Waals surface area contributed by atoms with Crippen LogP contribution in [0.3, 0.4) is 0 Å². The van der Waals surface area contributed by atoms with E-state index in [1.54, 1.807) is 6.20 Å². The molecule has 0 bridgehead atoms. The third-order valence-corrected chi connectivity index (χ3v) is 2.29. The van der Waals surface area contributed by atoms with Gasteiger partial charge in [0.15, 0.2) is 0 Å². The number of rotatable bonds is 3. The number of nitrogens with one attached hydrogen (secondary N) is 1. The molecule has 0 aromatic carbocycles. The third-order valence-electron chi connectivity index (χ3n) is 2.29. The molecule has 0 saturated carbocycles. The Morgan fingerprint density at radius 2 is 2.43 bits per heavy atom. The molecule has 74 valence electrons. The molecule has 2 heterocycles. The first kappa shape index (κ1) is 9.18. The van der Waals surface area contributed by atoms with Crippen molar-refractivity contribution < 1.29 is 5.11 Å². The van der Waals surface area contributed by atoms with E-state index in [9.17, 15) is 0 Å². The number of aromatic amines is 1. The number of hydrogen-bond donors (Lipinski definition) is 3. The largest absolute Gasteiger partial charge is 0.396 e. The monoisotopic (exact) mass is 191 g/mol. The van der Waals surface area contributed by atoms with Crippen LogP contribution in [0.25, 0.3) is 11.0 Å². The van der Waals surface area contributed by atoms with E-state index in [0.29, 0.717) is 6.42 Å². The summed E-state index contributed by atoms with van der Waals surface area (Å²) in [4.78, 5) is 7.33. The highest BCUT2D eigenvalue weighted by atomic mass is 16.3. The van der Waals surface area contributed by atoms with Gasteiger partial charge in [0.25, 0.3) is 0 Å². The topological polar surface area (TPSA) is 74.9 Å². The van der Waals surface area contributed by atoms with Gasteiger partial charge in [0.2, 0.25) is 0 Å². The Morgan fingerprint density at radius 1 is 1.57 bits per heavy atom. The molecule has 0 saturated heterocycles. The maximum Gasteiger partial charge on any atom is 0.0878 e. The zero-order valence-electron chi connectivity index (χ0n) is 7.77. The van der Waals surface area contributed by atoms with Gasteiger partial charge in [0.05, 0.1) is 11.0 Å². The Kier molecular flexibility index (Phi) is 2.47. The van der Waals surface area contributed by atoms with Crippen LogP contribution in [0.4, 0.5) is 0 Å². The number of fused-ring (bicyclic) bond motifs is 1. The fraction of sp³-hybridized carbons (Fsp3) is 0.300. The maximum absolute atomic E-state index is 8.76. The molecule has 4 nitrogen and oxygen atoms in total. The van der Waals surface area contributed by atoms with Crippen LogP contribution >= 0.6 is 0 Å². The Balaban J connectivity index is 2.33. The van der Waals surface area contributed by atoms with Gasteiger partial charge in [-0.3, -0.25) is 4.98 Å². The Labute approximate surface area is 81.8 Å². The van der Waals surface area contributed by atoms with Crippen LogP contribution < -0.4 is 5.73 Å². The molecule has 2 rings (SSSR count). The average molecular weight is 191 g/mol. The molecule has 0 aliphatic rings. The first-order valence-corrected chi connectivity index (χ1v) is 4.60. The van der Waals surface area contributed by atoms with Crippen LogP contribution in [0.1, 0.15) is 18.0 Å². The molecule has 14 heavy (non-hydrogen) atoms. The average Bonchev–Trinajstić information content (AvgIpc) is 2.64. The first-order valence-electron chi connectivity index (χ1n) is 4.60. The lowest BCUT2D eigenvalue weighted by Gasteiger charge is -2.09. The van der Waals surface area contributed by atoms with Crippen LogP contribution in [-0.2, 0) is 0 Å². The molecule has 0 radical (unpaired) electrons. The van der Waals surface area contributed by atoms with Crippen LogP contribution in [-0.4, -0.2) is 21.7 Å². The highest BCUT2D eigenvalue weighted by Crippen LogP contribution is 2.17. The third kappa shape index (κ3) is 1.62. The van der Waals surface area contributed by atoms with Gasteiger partial charge < -0.3 is 15.8 Å². The van der Waals surface area contributed by atoms with Gasteiger partial charge in [-0.25, -0.2) is 0 Å². The minimum absolute atomic E-state index is 0.101. The van der Waals surface area contributed by atoms with Crippen molar-refractivity contribution in [3.05, 3.63) is 30.1 Å². The summed E-state index contributed by atoms with van der Waals surface area (Å²) in [6.07, 6.45) is 4.17. The minimum Gasteiger partial charge on any atom is -0.396 e. The van der Waals surface area contributed by atoms with E-state index in [0.717, 1.165) is 16.6 Å². The smallest absolute Gasteiger partial charge is 0.0878 e. The Bertz CT molecular complexity index is 424. The van der Waals surface area contributed by atoms with Crippen LogP contribution in [0.5, 0.6) is 0 Å². The second-order valence-electron chi connectivity index (χ2n) is 3.30. The van der Waals surface area contributed by atoms with Gasteiger partial charge in [-0.2, -0.15) is 0 Å². The first-order chi connectivity index (χ1) is 6.81. The summed E-state index contributed by atoms with van der Waals surface area (Å²) in [6, 6.07) is 3.75. The summed E-state index contributed by atoms with van der Waals surface area (Å²) in [7, 11) is 0. The summed E-state index contributed by atoms with van der Waals surface area (Å²) >= 11 is 0. The summed E-state index contributed by atoms with van der Waals surface area (Å²) in [5.41, 5.74) is 8.72. The zero-order valence-corrected chi connectivity index (χ0v) is 7.77. The lowest BCUT2D eigenvalue weighted by Crippen LogP contribution is -2.12. The summed E-state index contributed by atoms with van der Waals surface area (Å²) in [6.45, 7) is 0.101. The van der Waals surface area contributed by atoms with E-state index in [2.05, 4.69) is 9.97 Å². The van der Waals surface area contributed by atoms with Crippen molar-refractivity contribution in [1.82, 2.24) is 9.97 Å². The van der Waals surface area contributed by atoms with Crippen molar-refractivity contribution in [3.8, 4) is 0 Å². The Morgan fingerprint density at radius 3 is 3.21 bits per heavy atom. The fourth-order valence-electron chi connectivity index (χ4n) is 1.46. The molecule has 0 aliphatic heterocycles. The van der Waals surface area contributed by atoms with E-state index in [4.69, 9.17) is 10.8 Å². The standard InChI is InChI=1S/C10H13N3O/c11-8(2-4-14)7-5-10-9(13-6-7)1-3-12-10/h1,3,5-6,8,12,14H,2,4,11H2. The molecule has 1 atom stereocenters. The quantitative estimate of drug-likeness (QED) is 0.676. The van der Waals surface area contributed by atoms with Crippen molar-refractivity contribution >= 4 is 11.0 Å². The molecular formula is C10H13N3O. The second-order valence-corrected chi connectivity index (χ2v) is 3.30. The molecule has 4 N–H and O–H groups in total. The number of aromatic nitrogens is 2. The molecule has 2 aromatic heterocycles. The number of pyridine rings is 1. The summed E-state index contributed by atoms with van der Waals surface area (Å²) < 4.78 is 0. The van der Waals surface area contributed by atoms with Crippen LogP contribution in [0, 0.1) is 0 Å². The van der Waals surface area contributed by atoms with Crippen molar-refractivity contribution in [2.24, 2.45) is 5.73 Å². The molecule has 1 unspecified atom stereocenters. The zero-order chi connectivity index (χ0) is 9.97. The number of aliphatic hydroxyl groups is 1. The number of nitrogens with two attached hydrogens (primary N) is 1. The SMILES string of the molecule is NC(CCO)c1cnc2cc[nH]c2c1. The summed E-state index contributed by atoms with van der Waals surface area (Å²) in [5, 5.41) is 8.76. The van der Waals surface area contributed by atoms with E-state index in [1.807, 2.05) is 18.3 Å². The number of hydrogen-bond acceptors (Lipinski definition) is 3. The lowest BCUT2D eigenvalue weighted by molar-refractivity contribution is 0.276. The molecule has 2 aromatic rings. The second kappa shape index (κ2) is 3.77. The Hall–Kier alpha value is -1.39. The number of H-pyrrole nitrogens is 1. The van der Waals surface area contributed by atoms with Crippen LogP contribution in [0.15, 0.2) is 24.5 Å². The molecule has 0 aliphatic carbocycles. The normalized spacial score (nSPS) is 13.3. The van der Waals surface area contributed by atoms with Gasteiger partial charge in [0, 0.05) is 25.0 Å². The number of nitrogens with zero attached hydrogens (tertiary/aromatic N) is 1. The van der Waals surface area contributed by atoms with E-state index >= 15 is 0 Å². The van der Waals surface area contributed by atoms with Gasteiger partial charge in [-0.1, -0.05) is 0 Å². The van der Waals surface area contributed by atoms with Gasteiger partial charge in [-0.05, 0) is 24.1 Å². The van der Waals surface area contributed by atoms with E-state index in [-0.39, 0.29) is 12.6 Å². The predicted octanol–water partition coefficient (Wildman–Crippen LogP) is 0.945. The van der Waals surface area contributed by atoms with Crippen molar-refractivity contribution in [1.29, 1.82) is 0 Å². The maximum atomic E-state index is 8.76. The molecule has 0 spiro atoms. The highest BCUT2D eigenvalue weighted by molar-refractivity contribution is 5.75. The molecule has 4 heteroatoms.